The summed E-state index contributed by atoms with van der Waals surface area (Å²) >= 11 is 6.00. The Bertz CT molecular complexity index is 1550. The van der Waals surface area contributed by atoms with Gasteiger partial charge in [0.2, 0.25) is 5.78 Å². The van der Waals surface area contributed by atoms with Gasteiger partial charge in [-0.2, -0.15) is 0 Å². The number of aryl methyl sites for hydroxylation is 1. The third kappa shape index (κ3) is 4.20. The lowest BCUT2D eigenvalue weighted by Gasteiger charge is -2.25. The number of benzene rings is 2. The highest BCUT2D eigenvalue weighted by Gasteiger charge is 2.47. The molecular formula is C25H15ClF3NO6. The van der Waals surface area contributed by atoms with Crippen molar-refractivity contribution in [3.05, 3.63) is 94.3 Å². The number of carbonyl (C=O) groups excluding carboxylic acids is 2. The smallest absolute Gasteiger partial charge is 0.503 e. The highest BCUT2D eigenvalue weighted by molar-refractivity contribution is 6.31. The minimum absolute atomic E-state index is 0.0634. The van der Waals surface area contributed by atoms with E-state index in [9.17, 15) is 27.9 Å². The SMILES string of the molecule is Cc1ccc(C2C(C(=O)c3cc4cc(Cl)ccc4o3)=C(O)C(=O)N2c2cccc(OC(F)(F)F)c2)o1. The zero-order valence-electron chi connectivity index (χ0n) is 18.3. The fourth-order valence-corrected chi connectivity index (χ4v) is 4.24. The maximum Gasteiger partial charge on any atom is 0.573 e. The molecule has 2 aromatic heterocycles. The topological polar surface area (TPSA) is 93.1 Å². The molecule has 36 heavy (non-hydrogen) atoms. The van der Waals surface area contributed by atoms with Crippen LogP contribution in [0.4, 0.5) is 18.9 Å². The van der Waals surface area contributed by atoms with E-state index in [2.05, 4.69) is 4.74 Å². The maximum atomic E-state index is 13.5. The first-order chi connectivity index (χ1) is 17.0. The lowest BCUT2D eigenvalue weighted by Crippen LogP contribution is -2.31. The highest BCUT2D eigenvalue weighted by atomic mass is 35.5. The van der Waals surface area contributed by atoms with Gasteiger partial charge in [-0.25, -0.2) is 0 Å². The minimum atomic E-state index is -4.96. The molecule has 184 valence electrons. The molecule has 5 rings (SSSR count). The summed E-state index contributed by atoms with van der Waals surface area (Å²) in [5.74, 6) is -2.92. The fraction of sp³-hybridized carbons (Fsp3) is 0.120. The van der Waals surface area contributed by atoms with Crippen LogP contribution in [0.25, 0.3) is 11.0 Å². The molecule has 4 aromatic rings. The number of hydrogen-bond donors (Lipinski definition) is 1. The van der Waals surface area contributed by atoms with Crippen molar-refractivity contribution in [3.63, 3.8) is 0 Å². The Morgan fingerprint density at radius 2 is 1.86 bits per heavy atom. The molecule has 0 fully saturated rings. The van der Waals surface area contributed by atoms with Crippen molar-refractivity contribution < 1.29 is 41.4 Å². The Hall–Kier alpha value is -4.18. The molecule has 1 N–H and O–H groups in total. The summed E-state index contributed by atoms with van der Waals surface area (Å²) in [5, 5.41) is 11.7. The van der Waals surface area contributed by atoms with Gasteiger partial charge < -0.3 is 18.7 Å². The number of rotatable bonds is 5. The molecule has 0 bridgehead atoms. The van der Waals surface area contributed by atoms with E-state index in [0.717, 1.165) is 17.0 Å². The van der Waals surface area contributed by atoms with Crippen LogP contribution in [-0.4, -0.2) is 23.2 Å². The maximum absolute atomic E-state index is 13.5. The van der Waals surface area contributed by atoms with Gasteiger partial charge in [0, 0.05) is 22.2 Å². The predicted molar refractivity (Wildman–Crippen MR) is 122 cm³/mol. The van der Waals surface area contributed by atoms with Gasteiger partial charge in [0.25, 0.3) is 5.91 Å². The van der Waals surface area contributed by atoms with Crippen LogP contribution in [0, 0.1) is 6.92 Å². The largest absolute Gasteiger partial charge is 0.573 e. The summed E-state index contributed by atoms with van der Waals surface area (Å²) < 4.78 is 53.6. The number of nitrogens with zero attached hydrogens (tertiary/aromatic N) is 1. The lowest BCUT2D eigenvalue weighted by atomic mass is 9.99. The van der Waals surface area contributed by atoms with E-state index in [0.29, 0.717) is 21.8 Å². The third-order valence-electron chi connectivity index (χ3n) is 5.51. The number of alkyl halides is 3. The normalized spacial score (nSPS) is 16.3. The monoisotopic (exact) mass is 517 g/mol. The molecule has 0 saturated heterocycles. The molecule has 0 spiro atoms. The van der Waals surface area contributed by atoms with Crippen molar-refractivity contribution >= 4 is 39.9 Å². The van der Waals surface area contributed by atoms with Crippen LogP contribution < -0.4 is 9.64 Å². The fourth-order valence-electron chi connectivity index (χ4n) is 4.06. The van der Waals surface area contributed by atoms with Crippen LogP contribution in [0.3, 0.4) is 0 Å². The number of anilines is 1. The molecule has 11 heteroatoms. The molecule has 1 unspecified atom stereocenters. The number of amides is 1. The first-order valence-electron chi connectivity index (χ1n) is 10.4. The second kappa shape index (κ2) is 8.49. The molecule has 1 aliphatic rings. The van der Waals surface area contributed by atoms with Crippen molar-refractivity contribution in [2.75, 3.05) is 4.90 Å². The van der Waals surface area contributed by atoms with Crippen molar-refractivity contribution in [3.8, 4) is 5.75 Å². The molecule has 0 aliphatic carbocycles. The Morgan fingerprint density at radius 3 is 2.56 bits per heavy atom. The van der Waals surface area contributed by atoms with E-state index in [1.54, 1.807) is 31.2 Å². The van der Waals surface area contributed by atoms with Gasteiger partial charge in [0.05, 0.1) is 5.57 Å². The van der Waals surface area contributed by atoms with Crippen molar-refractivity contribution in [2.45, 2.75) is 19.3 Å². The summed E-state index contributed by atoms with van der Waals surface area (Å²) in [5.41, 5.74) is -0.0698. The number of halogens is 4. The predicted octanol–water partition coefficient (Wildman–Crippen LogP) is 6.67. The molecule has 0 radical (unpaired) electrons. The van der Waals surface area contributed by atoms with Crippen molar-refractivity contribution in [1.82, 2.24) is 0 Å². The number of furan rings is 2. The molecule has 7 nitrogen and oxygen atoms in total. The van der Waals surface area contributed by atoms with Crippen LogP contribution in [0.5, 0.6) is 5.75 Å². The number of ketones is 1. The van der Waals surface area contributed by atoms with Gasteiger partial charge in [-0.05, 0) is 55.5 Å². The quantitative estimate of drug-likeness (QED) is 0.297. The summed E-state index contributed by atoms with van der Waals surface area (Å²) in [6.07, 6.45) is -4.96. The number of Topliss-reactive ketones (excluding diaryl/α,β-unsaturated/α-hetero) is 1. The van der Waals surface area contributed by atoms with Crippen LogP contribution in [-0.2, 0) is 4.79 Å². The van der Waals surface area contributed by atoms with Gasteiger partial charge in [-0.3, -0.25) is 14.5 Å². The van der Waals surface area contributed by atoms with Crippen LogP contribution in [0.15, 0.2) is 80.8 Å². The zero-order valence-corrected chi connectivity index (χ0v) is 19.1. The van der Waals surface area contributed by atoms with E-state index in [1.807, 2.05) is 0 Å². The Labute approximate surface area is 205 Å². The number of aliphatic hydroxyl groups is 1. The van der Waals surface area contributed by atoms with Crippen LogP contribution in [0.1, 0.15) is 28.1 Å². The number of fused-ring (bicyclic) bond motifs is 1. The van der Waals surface area contributed by atoms with Crippen LogP contribution in [0.2, 0.25) is 5.02 Å². The van der Waals surface area contributed by atoms with Gasteiger partial charge >= 0.3 is 6.36 Å². The summed E-state index contributed by atoms with van der Waals surface area (Å²) in [4.78, 5) is 27.7. The second-order valence-corrected chi connectivity index (χ2v) is 8.39. The van der Waals surface area contributed by atoms with E-state index in [-0.39, 0.29) is 22.8 Å². The number of carbonyl (C=O) groups is 2. The van der Waals surface area contributed by atoms with Crippen molar-refractivity contribution in [2.24, 2.45) is 0 Å². The van der Waals surface area contributed by atoms with E-state index >= 15 is 0 Å². The minimum Gasteiger partial charge on any atom is -0.503 e. The van der Waals surface area contributed by atoms with E-state index < -0.39 is 35.6 Å². The van der Waals surface area contributed by atoms with Gasteiger partial charge in [0.1, 0.15) is 28.9 Å². The number of hydrogen-bond acceptors (Lipinski definition) is 6. The summed E-state index contributed by atoms with van der Waals surface area (Å²) in [6, 6.07) is 12.5. The average Bonchev–Trinajstić information content (AvgIpc) is 3.48. The molecule has 3 heterocycles. The molecular weight excluding hydrogens is 503 g/mol. The molecule has 2 aromatic carbocycles. The van der Waals surface area contributed by atoms with E-state index in [1.165, 1.54) is 24.3 Å². The molecule has 1 aliphatic heterocycles. The standard InChI is InChI=1S/C25H15ClF3NO6/c1-12-5-7-18(34-12)21-20(22(31)19-10-13-9-14(26)6-8-17(13)35-19)23(32)24(33)30(21)15-3-2-4-16(11-15)36-25(27,28)29/h2-11,21,32H,1H3. The number of ether oxygens (including phenoxy) is 1. The summed E-state index contributed by atoms with van der Waals surface area (Å²) in [7, 11) is 0. The highest BCUT2D eigenvalue weighted by Crippen LogP contribution is 2.43. The summed E-state index contributed by atoms with van der Waals surface area (Å²) in [6.45, 7) is 1.64. The zero-order chi connectivity index (χ0) is 25.8. The first-order valence-corrected chi connectivity index (χ1v) is 10.8. The van der Waals surface area contributed by atoms with Crippen molar-refractivity contribution in [1.29, 1.82) is 0 Å². The Morgan fingerprint density at radius 1 is 1.08 bits per heavy atom. The van der Waals surface area contributed by atoms with Gasteiger partial charge in [-0.1, -0.05) is 17.7 Å². The van der Waals surface area contributed by atoms with Crippen LogP contribution >= 0.6 is 11.6 Å². The molecule has 1 atom stereocenters. The van der Waals surface area contributed by atoms with E-state index in [4.69, 9.17) is 20.4 Å². The Kier molecular flexibility index (Phi) is 5.55. The Balaban J connectivity index is 1.61. The molecule has 0 saturated carbocycles. The second-order valence-electron chi connectivity index (χ2n) is 7.96. The van der Waals surface area contributed by atoms with Gasteiger partial charge in [-0.15, -0.1) is 13.2 Å². The number of aliphatic hydroxyl groups excluding tert-OH is 1. The average molecular weight is 518 g/mol. The third-order valence-corrected chi connectivity index (χ3v) is 5.75. The lowest BCUT2D eigenvalue weighted by molar-refractivity contribution is -0.274. The molecule has 1 amide bonds. The van der Waals surface area contributed by atoms with Gasteiger partial charge in [0.15, 0.2) is 11.5 Å². The first kappa shape index (κ1) is 23.6.